The van der Waals surface area contributed by atoms with E-state index < -0.39 is 0 Å². The van der Waals surface area contributed by atoms with Crippen molar-refractivity contribution < 1.29 is 0 Å². The van der Waals surface area contributed by atoms with Gasteiger partial charge in [0.15, 0.2) is 5.13 Å². The highest BCUT2D eigenvalue weighted by Crippen LogP contribution is 2.24. The summed E-state index contributed by atoms with van der Waals surface area (Å²) >= 11 is 3.71. The van der Waals surface area contributed by atoms with Gasteiger partial charge in [0.25, 0.3) is 0 Å². The van der Waals surface area contributed by atoms with Crippen LogP contribution < -0.4 is 5.73 Å². The molecular formula is C10H18ClN3S2. The van der Waals surface area contributed by atoms with E-state index in [2.05, 4.69) is 28.6 Å². The number of nitrogens with two attached hydrogens (primary N) is 1. The Kier molecular flexibility index (Phi) is 5.89. The summed E-state index contributed by atoms with van der Waals surface area (Å²) in [7, 11) is 0. The van der Waals surface area contributed by atoms with Gasteiger partial charge in [-0.2, -0.15) is 11.8 Å². The lowest BCUT2D eigenvalue weighted by molar-refractivity contribution is 0.275. The molecule has 0 bridgehead atoms. The van der Waals surface area contributed by atoms with Crippen molar-refractivity contribution >= 4 is 40.6 Å². The number of anilines is 1. The monoisotopic (exact) mass is 279 g/mol. The molecule has 2 N–H and O–H groups in total. The maximum absolute atomic E-state index is 5.62. The predicted molar refractivity (Wildman–Crippen MR) is 75.6 cm³/mol. The molecule has 0 saturated carbocycles. The van der Waals surface area contributed by atoms with Crippen LogP contribution in [0.3, 0.4) is 0 Å². The third kappa shape index (κ3) is 3.80. The van der Waals surface area contributed by atoms with Gasteiger partial charge in [-0.05, 0) is 6.42 Å². The molecule has 1 fully saturated rings. The highest BCUT2D eigenvalue weighted by atomic mass is 35.5. The second kappa shape index (κ2) is 6.69. The van der Waals surface area contributed by atoms with Gasteiger partial charge < -0.3 is 5.73 Å². The average molecular weight is 280 g/mol. The fraction of sp³-hybridized carbons (Fsp3) is 0.700. The van der Waals surface area contributed by atoms with Gasteiger partial charge in [0, 0.05) is 41.7 Å². The molecule has 0 amide bonds. The van der Waals surface area contributed by atoms with Crippen LogP contribution in [0, 0.1) is 0 Å². The Labute approximate surface area is 111 Å². The number of rotatable bonds is 3. The molecule has 0 aliphatic carbocycles. The second-order valence-electron chi connectivity index (χ2n) is 3.80. The number of nitrogens with zero attached hydrogens (tertiary/aromatic N) is 2. The third-order valence-corrected chi connectivity index (χ3v) is 4.81. The number of hydrogen-bond donors (Lipinski definition) is 1. The van der Waals surface area contributed by atoms with Crippen LogP contribution in [0.4, 0.5) is 5.13 Å². The van der Waals surface area contributed by atoms with E-state index in [1.165, 1.54) is 30.1 Å². The van der Waals surface area contributed by atoms with Crippen LogP contribution in [0.15, 0.2) is 6.20 Å². The highest BCUT2D eigenvalue weighted by molar-refractivity contribution is 8.00. The number of halogens is 1. The van der Waals surface area contributed by atoms with Crippen molar-refractivity contribution in [3.8, 4) is 0 Å². The van der Waals surface area contributed by atoms with Crippen LogP contribution in [0.1, 0.15) is 18.2 Å². The largest absolute Gasteiger partial charge is 0.375 e. The van der Waals surface area contributed by atoms with E-state index in [-0.39, 0.29) is 12.4 Å². The zero-order valence-corrected chi connectivity index (χ0v) is 11.8. The molecule has 2 heterocycles. The van der Waals surface area contributed by atoms with Gasteiger partial charge in [-0.15, -0.1) is 23.7 Å². The summed E-state index contributed by atoms with van der Waals surface area (Å²) < 4.78 is 0. The lowest BCUT2D eigenvalue weighted by Crippen LogP contribution is -2.36. The third-order valence-electron chi connectivity index (χ3n) is 2.63. The van der Waals surface area contributed by atoms with Gasteiger partial charge in [0.05, 0.1) is 0 Å². The molecule has 3 nitrogen and oxygen atoms in total. The molecule has 0 radical (unpaired) electrons. The first kappa shape index (κ1) is 14.1. The van der Waals surface area contributed by atoms with Gasteiger partial charge in [0.1, 0.15) is 0 Å². The summed E-state index contributed by atoms with van der Waals surface area (Å²) in [5.74, 6) is 1.26. The molecule has 6 heteroatoms. The first-order chi connectivity index (χ1) is 7.28. The molecule has 1 atom stereocenters. The Morgan fingerprint density at radius 1 is 1.62 bits per heavy atom. The highest BCUT2D eigenvalue weighted by Gasteiger charge is 2.19. The molecular weight excluding hydrogens is 262 g/mol. The zero-order chi connectivity index (χ0) is 10.7. The second-order valence-corrected chi connectivity index (χ2v) is 6.36. The number of thiazole rings is 1. The van der Waals surface area contributed by atoms with Crippen molar-refractivity contribution in [3.05, 3.63) is 11.1 Å². The quantitative estimate of drug-likeness (QED) is 0.923. The van der Waals surface area contributed by atoms with Crippen molar-refractivity contribution in [2.24, 2.45) is 0 Å². The molecule has 1 aromatic heterocycles. The Morgan fingerprint density at radius 2 is 2.44 bits per heavy atom. The SMILES string of the molecule is CCC1CN(Cc2cnc(N)s2)CCS1.Cl. The number of hydrogen-bond acceptors (Lipinski definition) is 5. The minimum Gasteiger partial charge on any atom is -0.375 e. The van der Waals surface area contributed by atoms with E-state index in [9.17, 15) is 0 Å². The van der Waals surface area contributed by atoms with Crippen molar-refractivity contribution in [1.29, 1.82) is 0 Å². The summed E-state index contributed by atoms with van der Waals surface area (Å²) in [4.78, 5) is 7.88. The fourth-order valence-electron chi connectivity index (χ4n) is 1.79. The maximum Gasteiger partial charge on any atom is 0.180 e. The van der Waals surface area contributed by atoms with Gasteiger partial charge >= 0.3 is 0 Å². The number of thioether (sulfide) groups is 1. The van der Waals surface area contributed by atoms with Crippen molar-refractivity contribution in [1.82, 2.24) is 9.88 Å². The lowest BCUT2D eigenvalue weighted by Gasteiger charge is -2.31. The molecule has 1 unspecified atom stereocenters. The Morgan fingerprint density at radius 3 is 3.06 bits per heavy atom. The molecule has 1 aromatic rings. The van der Waals surface area contributed by atoms with Gasteiger partial charge in [-0.25, -0.2) is 4.98 Å². The summed E-state index contributed by atoms with van der Waals surface area (Å²) in [6.45, 7) is 5.69. The summed E-state index contributed by atoms with van der Waals surface area (Å²) in [5.41, 5.74) is 5.62. The molecule has 92 valence electrons. The minimum atomic E-state index is 0. The van der Waals surface area contributed by atoms with Gasteiger partial charge in [0.2, 0.25) is 0 Å². The summed E-state index contributed by atoms with van der Waals surface area (Å²) in [6, 6.07) is 0. The van der Waals surface area contributed by atoms with Crippen molar-refractivity contribution in [2.45, 2.75) is 25.1 Å². The smallest absolute Gasteiger partial charge is 0.180 e. The first-order valence-corrected chi connectivity index (χ1v) is 7.18. The Hall–Kier alpha value is 0.0300. The normalized spacial score (nSPS) is 21.7. The molecule has 1 aliphatic rings. The number of aromatic nitrogens is 1. The Bertz CT molecular complexity index is 319. The summed E-state index contributed by atoms with van der Waals surface area (Å²) in [6.07, 6.45) is 3.18. The molecule has 16 heavy (non-hydrogen) atoms. The zero-order valence-electron chi connectivity index (χ0n) is 9.39. The van der Waals surface area contributed by atoms with Crippen molar-refractivity contribution in [3.63, 3.8) is 0 Å². The van der Waals surface area contributed by atoms with Crippen LogP contribution in [0.5, 0.6) is 0 Å². The maximum atomic E-state index is 5.62. The first-order valence-electron chi connectivity index (χ1n) is 5.32. The topological polar surface area (TPSA) is 42.2 Å². The van der Waals surface area contributed by atoms with Crippen molar-refractivity contribution in [2.75, 3.05) is 24.6 Å². The van der Waals surface area contributed by atoms with Crippen LogP contribution in [0.2, 0.25) is 0 Å². The van der Waals surface area contributed by atoms with Gasteiger partial charge in [-0.1, -0.05) is 6.92 Å². The number of nitrogen functional groups attached to an aromatic ring is 1. The van der Waals surface area contributed by atoms with Gasteiger partial charge in [-0.3, -0.25) is 4.90 Å². The summed E-state index contributed by atoms with van der Waals surface area (Å²) in [5, 5.41) is 1.49. The predicted octanol–water partition coefficient (Wildman–Crippen LogP) is 2.47. The molecule has 1 saturated heterocycles. The van der Waals surface area contributed by atoms with Crippen LogP contribution >= 0.6 is 35.5 Å². The molecule has 0 spiro atoms. The van der Waals surface area contributed by atoms with E-state index >= 15 is 0 Å². The minimum absolute atomic E-state index is 0. The van der Waals surface area contributed by atoms with E-state index in [1.807, 2.05) is 6.20 Å². The Balaban J connectivity index is 0.00000128. The van der Waals surface area contributed by atoms with E-state index in [4.69, 9.17) is 5.73 Å². The fourth-order valence-corrected chi connectivity index (χ4v) is 3.76. The van der Waals surface area contributed by atoms with E-state index in [0.717, 1.165) is 11.8 Å². The molecule has 0 aromatic carbocycles. The standard InChI is InChI=1S/C10H17N3S2.ClH/c1-2-8-6-13(3-4-14-8)7-9-5-12-10(11)15-9;/h5,8H,2-4,6-7H2,1H3,(H2,11,12);1H. The van der Waals surface area contributed by atoms with Crippen LogP contribution in [0.25, 0.3) is 0 Å². The molecule has 1 aliphatic heterocycles. The lowest BCUT2D eigenvalue weighted by atomic mass is 10.3. The van der Waals surface area contributed by atoms with Crippen LogP contribution in [-0.2, 0) is 6.54 Å². The van der Waals surface area contributed by atoms with E-state index in [1.54, 1.807) is 11.3 Å². The molecule has 2 rings (SSSR count). The van der Waals surface area contributed by atoms with Crippen LogP contribution in [-0.4, -0.2) is 34.0 Å². The van der Waals surface area contributed by atoms with E-state index in [0.29, 0.717) is 5.13 Å². The average Bonchev–Trinajstić information content (AvgIpc) is 2.64.